The van der Waals surface area contributed by atoms with Gasteiger partial charge in [0.2, 0.25) is 0 Å². The lowest BCUT2D eigenvalue weighted by atomic mass is 10.1. The lowest BCUT2D eigenvalue weighted by Crippen LogP contribution is -2.30. The van der Waals surface area contributed by atoms with Crippen LogP contribution in [0.25, 0.3) is 0 Å². The minimum Gasteiger partial charge on any atom is -0.396 e. The summed E-state index contributed by atoms with van der Waals surface area (Å²) < 4.78 is 0. The summed E-state index contributed by atoms with van der Waals surface area (Å²) in [6, 6.07) is 3.51. The van der Waals surface area contributed by atoms with Crippen molar-refractivity contribution in [2.45, 2.75) is 25.9 Å². The van der Waals surface area contributed by atoms with Gasteiger partial charge in [-0.2, -0.15) is 0 Å². The topological polar surface area (TPSA) is 58.3 Å². The van der Waals surface area contributed by atoms with Crippen LogP contribution in [0.15, 0.2) is 12.1 Å². The zero-order chi connectivity index (χ0) is 12.3. The Labute approximate surface area is 106 Å². The summed E-state index contributed by atoms with van der Waals surface area (Å²) in [7, 11) is 0. The van der Waals surface area contributed by atoms with Crippen LogP contribution in [0.2, 0.25) is 10.0 Å². The summed E-state index contributed by atoms with van der Waals surface area (Å²) in [5.41, 5.74) is 6.85. The van der Waals surface area contributed by atoms with Crippen molar-refractivity contribution in [2.75, 3.05) is 12.3 Å². The molecule has 0 aliphatic rings. The molecule has 0 aliphatic heterocycles. The fourth-order valence-corrected chi connectivity index (χ4v) is 1.97. The van der Waals surface area contributed by atoms with Gasteiger partial charge >= 0.3 is 0 Å². The van der Waals surface area contributed by atoms with E-state index in [1.165, 1.54) is 0 Å². The van der Waals surface area contributed by atoms with Gasteiger partial charge < -0.3 is 16.2 Å². The zero-order valence-corrected chi connectivity index (χ0v) is 10.8. The zero-order valence-electron chi connectivity index (χ0n) is 9.30. The van der Waals surface area contributed by atoms with Crippen LogP contribution in [0.4, 0.5) is 5.69 Å². The van der Waals surface area contributed by atoms with Crippen molar-refractivity contribution in [1.82, 2.24) is 5.32 Å². The quantitative estimate of drug-likeness (QED) is 0.732. The first-order chi connectivity index (χ1) is 7.45. The maximum atomic E-state index is 9.30. The number of nitrogens with two attached hydrogens (primary N) is 1. The van der Waals surface area contributed by atoms with E-state index in [0.29, 0.717) is 15.7 Å². The lowest BCUT2D eigenvalue weighted by Gasteiger charge is -2.20. The van der Waals surface area contributed by atoms with Crippen molar-refractivity contribution >= 4 is 28.9 Å². The summed E-state index contributed by atoms with van der Waals surface area (Å²) >= 11 is 11.9. The van der Waals surface area contributed by atoms with Crippen molar-refractivity contribution in [3.8, 4) is 0 Å². The normalized spacial score (nSPS) is 13.1. The van der Waals surface area contributed by atoms with E-state index in [1.54, 1.807) is 12.1 Å². The average molecular weight is 263 g/mol. The van der Waals surface area contributed by atoms with Gasteiger partial charge in [-0.1, -0.05) is 37.0 Å². The van der Waals surface area contributed by atoms with Crippen LogP contribution in [-0.4, -0.2) is 17.8 Å². The van der Waals surface area contributed by atoms with Crippen molar-refractivity contribution in [1.29, 1.82) is 0 Å². The van der Waals surface area contributed by atoms with Gasteiger partial charge in [0, 0.05) is 6.04 Å². The van der Waals surface area contributed by atoms with Crippen LogP contribution < -0.4 is 11.1 Å². The maximum Gasteiger partial charge on any atom is 0.0693 e. The molecule has 0 aromatic heterocycles. The van der Waals surface area contributed by atoms with Crippen LogP contribution in [0, 0.1) is 0 Å². The van der Waals surface area contributed by atoms with Gasteiger partial charge in [0.15, 0.2) is 0 Å². The van der Waals surface area contributed by atoms with E-state index in [2.05, 4.69) is 5.32 Å². The monoisotopic (exact) mass is 262 g/mol. The molecule has 3 nitrogen and oxygen atoms in total. The van der Waals surface area contributed by atoms with Gasteiger partial charge in [0.25, 0.3) is 0 Å². The highest BCUT2D eigenvalue weighted by Gasteiger charge is 2.14. The second-order valence-electron chi connectivity index (χ2n) is 3.95. The smallest absolute Gasteiger partial charge is 0.0693 e. The van der Waals surface area contributed by atoms with Gasteiger partial charge in [-0.3, -0.25) is 0 Å². The van der Waals surface area contributed by atoms with Crippen molar-refractivity contribution < 1.29 is 5.11 Å². The van der Waals surface area contributed by atoms with Crippen LogP contribution in [0.3, 0.4) is 0 Å². The molecule has 0 amide bonds. The molecule has 1 unspecified atom stereocenters. The number of anilines is 1. The SMILES string of the molecule is CC(C)NC(CO)c1cc(Cl)c(N)c(Cl)c1. The van der Waals surface area contributed by atoms with E-state index in [-0.39, 0.29) is 18.7 Å². The summed E-state index contributed by atoms with van der Waals surface area (Å²) in [4.78, 5) is 0. The van der Waals surface area contributed by atoms with Crippen LogP contribution >= 0.6 is 23.2 Å². The number of halogens is 2. The third-order valence-corrected chi connectivity index (χ3v) is 2.85. The molecule has 1 rings (SSSR count). The Bertz CT molecular complexity index is 346. The average Bonchev–Trinajstić information content (AvgIpc) is 2.21. The Hall–Kier alpha value is -0.480. The highest BCUT2D eigenvalue weighted by atomic mass is 35.5. The molecule has 90 valence electrons. The second kappa shape index (κ2) is 5.73. The highest BCUT2D eigenvalue weighted by molar-refractivity contribution is 6.38. The number of aliphatic hydroxyl groups excluding tert-OH is 1. The number of hydrogen-bond acceptors (Lipinski definition) is 3. The predicted octanol–water partition coefficient (Wildman–Crippen LogP) is 2.61. The first kappa shape index (κ1) is 13.6. The standard InChI is InChI=1S/C11H16Cl2N2O/c1-6(2)15-10(5-16)7-3-8(12)11(14)9(13)4-7/h3-4,6,10,15-16H,5,14H2,1-2H3. The largest absolute Gasteiger partial charge is 0.396 e. The molecule has 0 heterocycles. The molecule has 0 fully saturated rings. The maximum absolute atomic E-state index is 9.30. The number of benzene rings is 1. The summed E-state index contributed by atoms with van der Waals surface area (Å²) in [6.45, 7) is 3.99. The molecule has 16 heavy (non-hydrogen) atoms. The highest BCUT2D eigenvalue weighted by Crippen LogP contribution is 2.31. The Kier molecular flexibility index (Phi) is 4.87. The van der Waals surface area contributed by atoms with Gasteiger partial charge in [0.05, 0.1) is 28.4 Å². The third kappa shape index (κ3) is 3.25. The van der Waals surface area contributed by atoms with Crippen molar-refractivity contribution in [3.05, 3.63) is 27.7 Å². The number of hydrogen-bond donors (Lipinski definition) is 3. The van der Waals surface area contributed by atoms with Crippen LogP contribution in [-0.2, 0) is 0 Å². The van der Waals surface area contributed by atoms with E-state index in [9.17, 15) is 5.11 Å². The van der Waals surface area contributed by atoms with Gasteiger partial charge in [0.1, 0.15) is 0 Å². The number of rotatable bonds is 4. The first-order valence-corrected chi connectivity index (χ1v) is 5.82. The molecule has 0 spiro atoms. The molecule has 0 aliphatic carbocycles. The fourth-order valence-electron chi connectivity index (χ4n) is 1.46. The van der Waals surface area contributed by atoms with E-state index in [0.717, 1.165) is 5.56 Å². The van der Waals surface area contributed by atoms with Gasteiger partial charge in [-0.15, -0.1) is 0 Å². The van der Waals surface area contributed by atoms with Crippen LogP contribution in [0.1, 0.15) is 25.5 Å². The molecule has 1 aromatic carbocycles. The van der Waals surface area contributed by atoms with Gasteiger partial charge in [-0.05, 0) is 17.7 Å². The fraction of sp³-hybridized carbons (Fsp3) is 0.455. The minimum absolute atomic E-state index is 0.0191. The molecule has 4 N–H and O–H groups in total. The van der Waals surface area contributed by atoms with Crippen molar-refractivity contribution in [2.24, 2.45) is 0 Å². The number of aliphatic hydroxyl groups is 1. The van der Waals surface area contributed by atoms with Crippen molar-refractivity contribution in [3.63, 3.8) is 0 Å². The molecule has 0 saturated heterocycles. The van der Waals surface area contributed by atoms with E-state index >= 15 is 0 Å². The molecule has 1 aromatic rings. The minimum atomic E-state index is -0.185. The Morgan fingerprint density at radius 3 is 2.19 bits per heavy atom. The van der Waals surface area contributed by atoms with Crippen LogP contribution in [0.5, 0.6) is 0 Å². The Balaban J connectivity index is 3.01. The third-order valence-electron chi connectivity index (χ3n) is 2.22. The Morgan fingerprint density at radius 1 is 1.31 bits per heavy atom. The first-order valence-electron chi connectivity index (χ1n) is 5.07. The van der Waals surface area contributed by atoms with E-state index in [4.69, 9.17) is 28.9 Å². The molecule has 0 radical (unpaired) electrons. The predicted molar refractivity (Wildman–Crippen MR) is 69.0 cm³/mol. The number of nitrogen functional groups attached to an aromatic ring is 1. The van der Waals surface area contributed by atoms with Gasteiger partial charge in [-0.25, -0.2) is 0 Å². The number of nitrogens with one attached hydrogen (secondary N) is 1. The second-order valence-corrected chi connectivity index (χ2v) is 4.77. The molecular weight excluding hydrogens is 247 g/mol. The van der Waals surface area contributed by atoms with E-state index in [1.807, 2.05) is 13.8 Å². The summed E-state index contributed by atoms with van der Waals surface area (Å²) in [5.74, 6) is 0. The summed E-state index contributed by atoms with van der Waals surface area (Å²) in [5, 5.41) is 13.3. The molecular formula is C11H16Cl2N2O. The summed E-state index contributed by atoms with van der Waals surface area (Å²) in [6.07, 6.45) is 0. The molecule has 0 saturated carbocycles. The lowest BCUT2D eigenvalue weighted by molar-refractivity contribution is 0.237. The molecule has 0 bridgehead atoms. The molecule has 1 atom stereocenters. The molecule has 5 heteroatoms. The Morgan fingerprint density at radius 2 is 1.81 bits per heavy atom. The van der Waals surface area contributed by atoms with E-state index < -0.39 is 0 Å².